The molecule has 3 aromatic carbocycles. The Bertz CT molecular complexity index is 3960. The Morgan fingerprint density at radius 3 is 1.77 bits per heavy atom. The Balaban J connectivity index is 0.000000262. The van der Waals surface area contributed by atoms with Crippen LogP contribution in [0.1, 0.15) is 112 Å². The minimum absolute atomic E-state index is 0.0257. The number of pyridine rings is 1. The summed E-state index contributed by atoms with van der Waals surface area (Å²) in [5, 5.41) is 22.6. The Kier molecular flexibility index (Phi) is 27.5. The number of nitrogens with zero attached hydrogens (tertiary/aromatic N) is 5. The van der Waals surface area contributed by atoms with Crippen LogP contribution in [-0.2, 0) is 67.2 Å². The number of carbonyl (C=O) groups excluding carboxylic acids is 6. The lowest BCUT2D eigenvalue weighted by Crippen LogP contribution is -2.66. The van der Waals surface area contributed by atoms with E-state index < -0.39 is 126 Å². The number of Topliss-reactive ketones (excluding diaryl/α,β-unsaturated/α-hetero) is 3. The zero-order valence-corrected chi connectivity index (χ0v) is 62.0. The first-order chi connectivity index (χ1) is 48.3. The summed E-state index contributed by atoms with van der Waals surface area (Å²) >= 11 is 0. The van der Waals surface area contributed by atoms with Gasteiger partial charge < -0.3 is 96.4 Å². The van der Waals surface area contributed by atoms with E-state index in [4.69, 9.17) is 23.4 Å². The van der Waals surface area contributed by atoms with Crippen LogP contribution in [0.3, 0.4) is 0 Å². The minimum Gasteiger partial charge on any atom is -0.778 e. The third-order valence-electron chi connectivity index (χ3n) is 20.3. The molecule has 10 atom stereocenters. The van der Waals surface area contributed by atoms with Crippen LogP contribution in [0.5, 0.6) is 0 Å². The molecule has 31 nitrogen and oxygen atoms in total. The van der Waals surface area contributed by atoms with E-state index in [1.165, 1.54) is 31.7 Å². The number of hydrogen-bond acceptors (Lipinski definition) is 22. The van der Waals surface area contributed by atoms with E-state index in [9.17, 15) is 91.5 Å². The van der Waals surface area contributed by atoms with Crippen molar-refractivity contribution in [2.75, 3.05) is 79.0 Å². The number of fused-ring (bicyclic) bond motifs is 3. The van der Waals surface area contributed by atoms with Crippen molar-refractivity contribution in [3.63, 3.8) is 0 Å². The topological polar surface area (TPSA) is 467 Å². The van der Waals surface area contributed by atoms with Gasteiger partial charge in [0.05, 0.1) is 95.9 Å². The molecular weight excluding hydrogens is 1420 g/mol. The van der Waals surface area contributed by atoms with Crippen LogP contribution in [0.15, 0.2) is 110 Å². The summed E-state index contributed by atoms with van der Waals surface area (Å²) < 4.78 is 78.6. The van der Waals surface area contributed by atoms with Crippen molar-refractivity contribution in [2.24, 2.45) is 11.8 Å². The second-order valence-electron chi connectivity index (χ2n) is 28.4. The standard InChI is InChI=1S/C35H49BN4O11P2.C31H46BN3O13P2/c1-25(2)20-28(36-40(16-18-50-36,17-19-51-36)15-7-11-29(41)23-35(44,52(3,45)46)53(47,48)49)22-33(42)31(39-34(43)32-24-37-13-14-38-32)21-27-10-6-9-26-8-4-5-12-30(26)27;1-21(2)15-26(17-27(37)30(22(3)36)34-31(39)25-16-24(19-33-20-25)23-7-5-4-6-8-23)32-35(10-13-47-32,11-14-48-32)9-12-46-28(38)18-29(49(40,41)42)50(43,44)45/h4-6,8-10,12-14,24-25,28,31,44H,7,11,15-23H2,1-3H3,(H,39,43)(H,45,46)(H2,47,48,49);4-8,16,19-22,26,29-30,36H,9-15,17-18H2,1-3H3,(H,34,39)(H2,40,41,42)(H2,43,44,45)/p-2/t28-,31+,35?,36?,40?;22-,26-,30?,32?,35?/m11/s1. The van der Waals surface area contributed by atoms with Gasteiger partial charge in [0.25, 0.3) is 11.8 Å². The molecule has 4 aliphatic rings. The number of quaternary nitrogens is 2. The van der Waals surface area contributed by atoms with E-state index >= 15 is 0 Å². The third-order valence-corrected chi connectivity index (χ3v) is 28.4. The number of aliphatic hydroxyl groups is 2. The lowest BCUT2D eigenvalue weighted by Gasteiger charge is -2.51. The van der Waals surface area contributed by atoms with Gasteiger partial charge in [-0.05, 0) is 77.6 Å². The highest BCUT2D eigenvalue weighted by Crippen LogP contribution is 2.67. The van der Waals surface area contributed by atoms with E-state index in [2.05, 4.69) is 25.6 Å². The van der Waals surface area contributed by atoms with Gasteiger partial charge >= 0.3 is 26.9 Å². The number of rotatable bonds is 35. The van der Waals surface area contributed by atoms with Crippen molar-refractivity contribution in [3.05, 3.63) is 127 Å². The average molecular weight is 1510 g/mol. The maximum absolute atomic E-state index is 14.5. The summed E-state index contributed by atoms with van der Waals surface area (Å²) in [6.45, 7) is 8.97. The SMILES string of the molecule is CC(C)C[C@H](CC(=O)C(NC(=O)c1cncc(-c2ccccc2)c1)[C@@H](C)O)[B-]12OCC[N+]1(CCOC(=O)CC(P(=O)([O-])O)P(=O)(O)O)CCO2.CC(C)C[C@H](CC(=O)[C@H](Cc1cccc2ccccc12)NC(=O)c1cnccn1)[B-]12OCC[N+]1(CCCC(=O)CC(O)(P(C)(=O)O)P(=O)([O-])O)CCO2. The van der Waals surface area contributed by atoms with Gasteiger partial charge in [0.1, 0.15) is 37.1 Å². The summed E-state index contributed by atoms with van der Waals surface area (Å²) in [6.07, 6.45) is 4.59. The first-order valence-electron chi connectivity index (χ1n) is 34.3. The summed E-state index contributed by atoms with van der Waals surface area (Å²) in [5.41, 5.74) is 2.72. The molecule has 4 saturated heterocycles. The fraction of sp³-hybridized carbons (Fsp3) is 0.530. The maximum Gasteiger partial charge on any atom is 0.476 e. The van der Waals surface area contributed by atoms with Gasteiger partial charge in [-0.25, -0.2) is 4.98 Å². The molecule has 0 bridgehead atoms. The lowest BCUT2D eigenvalue weighted by atomic mass is 9.51. The van der Waals surface area contributed by atoms with E-state index in [0.29, 0.717) is 75.4 Å². The fourth-order valence-corrected chi connectivity index (χ4v) is 20.4. The van der Waals surface area contributed by atoms with Crippen LogP contribution in [0.2, 0.25) is 11.6 Å². The van der Waals surface area contributed by atoms with Crippen molar-refractivity contribution in [1.29, 1.82) is 0 Å². The van der Waals surface area contributed by atoms with Crippen LogP contribution < -0.4 is 20.4 Å². The fourth-order valence-electron chi connectivity index (χ4n) is 15.4. The normalized spacial score (nSPS) is 24.3. The number of benzene rings is 3. The molecule has 564 valence electrons. The molecule has 6 heterocycles. The molecule has 2 amide bonds. The second kappa shape index (κ2) is 34.3. The number of aliphatic hydroxyl groups excluding tert-OH is 1. The Labute approximate surface area is 597 Å². The van der Waals surface area contributed by atoms with Gasteiger partial charge in [-0.2, -0.15) is 0 Å². The van der Waals surface area contributed by atoms with Gasteiger partial charge in [-0.15, -0.1) is 0 Å². The Hall–Kier alpha value is -5.98. The minimum atomic E-state index is -5.79. The van der Waals surface area contributed by atoms with E-state index in [0.717, 1.165) is 21.9 Å². The average Bonchev–Trinajstić information content (AvgIpc) is 1.58. The highest BCUT2D eigenvalue weighted by molar-refractivity contribution is 7.74. The maximum atomic E-state index is 14.5. The van der Waals surface area contributed by atoms with Crippen molar-refractivity contribution >= 4 is 89.4 Å². The summed E-state index contributed by atoms with van der Waals surface area (Å²) in [7, 11) is -21.6. The summed E-state index contributed by atoms with van der Waals surface area (Å²) in [6, 6.07) is 22.5. The molecular formula is C66H93B2N7O24P4-2. The molecule has 0 radical (unpaired) electrons. The van der Waals surface area contributed by atoms with Crippen molar-refractivity contribution in [1.82, 2.24) is 25.6 Å². The van der Waals surface area contributed by atoms with E-state index in [-0.39, 0.29) is 91.7 Å². The number of hydrogen-bond donors (Lipinski definition) is 9. The third kappa shape index (κ3) is 19.6. The molecule has 9 rings (SSSR count). The van der Waals surface area contributed by atoms with Gasteiger partial charge in [0.15, 0.2) is 19.2 Å². The van der Waals surface area contributed by atoms with Gasteiger partial charge in [-0.3, -0.25) is 47.9 Å². The van der Waals surface area contributed by atoms with Gasteiger partial charge in [-0.1, -0.05) is 113 Å². The first kappa shape index (κ1) is 82.7. The molecule has 0 aliphatic carbocycles. The number of amides is 2. The molecule has 5 aromatic rings. The van der Waals surface area contributed by atoms with E-state index in [1.54, 1.807) is 12.3 Å². The number of ether oxygens (including phenoxy) is 1. The van der Waals surface area contributed by atoms with Crippen molar-refractivity contribution < 1.29 is 124 Å². The lowest BCUT2D eigenvalue weighted by molar-refractivity contribution is -0.823. The predicted molar refractivity (Wildman–Crippen MR) is 375 cm³/mol. The zero-order valence-electron chi connectivity index (χ0n) is 58.4. The van der Waals surface area contributed by atoms with Crippen LogP contribution in [0.4, 0.5) is 0 Å². The summed E-state index contributed by atoms with van der Waals surface area (Å²) in [4.78, 5) is 164. The molecule has 103 heavy (non-hydrogen) atoms. The van der Waals surface area contributed by atoms with Crippen LogP contribution in [0, 0.1) is 11.8 Å². The zero-order chi connectivity index (χ0) is 75.6. The summed E-state index contributed by atoms with van der Waals surface area (Å²) in [5.74, 6) is -4.52. The molecule has 0 spiro atoms. The molecule has 4 aliphatic heterocycles. The Morgan fingerprint density at radius 1 is 0.670 bits per heavy atom. The van der Waals surface area contributed by atoms with Gasteiger partial charge in [0, 0.05) is 56.4 Å². The van der Waals surface area contributed by atoms with Crippen LogP contribution >= 0.6 is 30.2 Å². The first-order valence-corrected chi connectivity index (χ1v) is 41.3. The molecule has 6 unspecified atom stereocenters. The monoisotopic (exact) mass is 1510 g/mol. The number of nitrogens with one attached hydrogen (secondary N) is 2. The molecule has 0 saturated carbocycles. The van der Waals surface area contributed by atoms with Gasteiger partial charge in [0.2, 0.25) is 12.5 Å². The van der Waals surface area contributed by atoms with E-state index in [1.807, 2.05) is 100 Å². The highest BCUT2D eigenvalue weighted by atomic mass is 31.2. The number of ketones is 3. The number of esters is 1. The quantitative estimate of drug-likeness (QED) is 0.0154. The predicted octanol–water partition coefficient (Wildman–Crippen LogP) is 4.40. The smallest absolute Gasteiger partial charge is 0.476 e. The highest BCUT2D eigenvalue weighted by Gasteiger charge is 2.64. The Morgan fingerprint density at radius 2 is 1.23 bits per heavy atom. The van der Waals surface area contributed by atoms with Crippen LogP contribution in [0.25, 0.3) is 21.9 Å². The largest absolute Gasteiger partial charge is 0.778 e. The van der Waals surface area contributed by atoms with Crippen LogP contribution in [-0.4, -0.2) is 215 Å². The number of carbonyl (C=O) groups is 6. The van der Waals surface area contributed by atoms with Crippen molar-refractivity contribution in [2.45, 2.75) is 133 Å². The molecule has 37 heteroatoms. The second-order valence-corrected chi connectivity index (χ2v) is 37.0. The number of aromatic nitrogens is 3. The molecule has 4 fully saturated rings. The molecule has 2 aromatic heterocycles. The van der Waals surface area contributed by atoms with Crippen molar-refractivity contribution in [3.8, 4) is 11.1 Å². The molecule has 9 N–H and O–H groups in total.